The molecule has 0 radical (unpaired) electrons. The maximum atomic E-state index is 5.99. The zero-order valence-electron chi connectivity index (χ0n) is 15.7. The summed E-state index contributed by atoms with van der Waals surface area (Å²) >= 11 is 0. The van der Waals surface area contributed by atoms with Crippen LogP contribution in [-0.2, 0) is 6.61 Å². The van der Waals surface area contributed by atoms with E-state index in [-0.39, 0.29) is 0 Å². The van der Waals surface area contributed by atoms with E-state index < -0.39 is 0 Å². The van der Waals surface area contributed by atoms with Crippen LogP contribution in [0.5, 0.6) is 11.5 Å². The van der Waals surface area contributed by atoms with Crippen LogP contribution in [0, 0.1) is 0 Å². The first kappa shape index (κ1) is 17.8. The molecular weight excluding hydrogens is 346 g/mol. The summed E-state index contributed by atoms with van der Waals surface area (Å²) < 4.78 is 11.4. The predicted molar refractivity (Wildman–Crippen MR) is 114 cm³/mol. The first-order valence-electron chi connectivity index (χ1n) is 9.20. The van der Waals surface area contributed by atoms with Gasteiger partial charge in [0.25, 0.3) is 0 Å². The molecule has 0 saturated carbocycles. The Balaban J connectivity index is 1.54. The van der Waals surface area contributed by atoms with E-state index in [9.17, 15) is 0 Å². The fourth-order valence-electron chi connectivity index (χ4n) is 3.00. The lowest BCUT2D eigenvalue weighted by molar-refractivity contribution is 0.284. The average Bonchev–Trinajstić information content (AvgIpc) is 2.77. The van der Waals surface area contributed by atoms with Gasteiger partial charge in [0.1, 0.15) is 6.61 Å². The molecule has 0 fully saturated rings. The zero-order valence-corrected chi connectivity index (χ0v) is 15.7. The summed E-state index contributed by atoms with van der Waals surface area (Å²) in [5.74, 6) is 1.44. The summed E-state index contributed by atoms with van der Waals surface area (Å²) in [6.07, 6.45) is 4.04. The molecule has 0 bridgehead atoms. The minimum atomic E-state index is 0.497. The van der Waals surface area contributed by atoms with Gasteiger partial charge in [-0.3, -0.25) is 0 Å². The Morgan fingerprint density at radius 3 is 2.46 bits per heavy atom. The van der Waals surface area contributed by atoms with E-state index >= 15 is 0 Å². The molecule has 0 aliphatic rings. The summed E-state index contributed by atoms with van der Waals surface area (Å²) in [6.45, 7) is 0.497. The van der Waals surface area contributed by atoms with Crippen molar-refractivity contribution in [1.82, 2.24) is 4.98 Å². The summed E-state index contributed by atoms with van der Waals surface area (Å²) in [5, 5.41) is 1.14. The number of pyridine rings is 1. The highest BCUT2D eigenvalue weighted by Gasteiger charge is 2.05. The fourth-order valence-corrected chi connectivity index (χ4v) is 3.00. The average molecular weight is 367 g/mol. The van der Waals surface area contributed by atoms with Gasteiger partial charge in [-0.25, -0.2) is 4.98 Å². The Hall–Kier alpha value is -3.59. The van der Waals surface area contributed by atoms with Crippen LogP contribution in [0.2, 0.25) is 0 Å². The molecule has 0 amide bonds. The topological polar surface area (TPSA) is 31.4 Å². The number of fused-ring (bicyclic) bond motifs is 1. The van der Waals surface area contributed by atoms with Crippen LogP contribution in [-0.4, -0.2) is 12.1 Å². The Morgan fingerprint density at radius 2 is 1.61 bits per heavy atom. The van der Waals surface area contributed by atoms with Gasteiger partial charge in [-0.1, -0.05) is 66.7 Å². The second kappa shape index (κ2) is 8.40. The van der Waals surface area contributed by atoms with E-state index in [2.05, 4.69) is 17.1 Å². The lowest BCUT2D eigenvalue weighted by atomic mass is 10.1. The standard InChI is InChI=1S/C25H21NO2/c1-27-24-16-12-19(17-25(24)28-18-20-7-3-2-4-8-20)11-14-22-15-13-21-9-5-6-10-23(21)26-22/h2-17H,18H2,1H3/b14-11+. The Labute approximate surface area is 164 Å². The molecular formula is C25H21NO2. The van der Waals surface area contributed by atoms with Crippen LogP contribution in [0.3, 0.4) is 0 Å². The number of hydrogen-bond acceptors (Lipinski definition) is 3. The molecule has 0 atom stereocenters. The molecule has 138 valence electrons. The second-order valence-electron chi connectivity index (χ2n) is 6.45. The second-order valence-corrected chi connectivity index (χ2v) is 6.45. The highest BCUT2D eigenvalue weighted by Crippen LogP contribution is 2.29. The molecule has 28 heavy (non-hydrogen) atoms. The Bertz CT molecular complexity index is 1100. The SMILES string of the molecule is COc1ccc(/C=C/c2ccc3ccccc3n2)cc1OCc1ccccc1. The third-order valence-corrected chi connectivity index (χ3v) is 4.49. The number of methoxy groups -OCH3 is 1. The Morgan fingerprint density at radius 1 is 0.786 bits per heavy atom. The Kier molecular flexibility index (Phi) is 5.34. The first-order valence-corrected chi connectivity index (χ1v) is 9.20. The lowest BCUT2D eigenvalue weighted by Gasteiger charge is -2.11. The number of nitrogens with zero attached hydrogens (tertiary/aromatic N) is 1. The van der Waals surface area contributed by atoms with E-state index in [1.165, 1.54) is 0 Å². The molecule has 3 heteroatoms. The van der Waals surface area contributed by atoms with Gasteiger partial charge in [-0.05, 0) is 41.5 Å². The van der Waals surface area contributed by atoms with E-state index in [1.807, 2.05) is 84.9 Å². The van der Waals surface area contributed by atoms with E-state index in [4.69, 9.17) is 9.47 Å². The third kappa shape index (κ3) is 4.21. The van der Waals surface area contributed by atoms with Crippen molar-refractivity contribution in [2.24, 2.45) is 0 Å². The normalized spacial score (nSPS) is 11.0. The zero-order chi connectivity index (χ0) is 19.2. The highest BCUT2D eigenvalue weighted by molar-refractivity contribution is 5.80. The molecule has 3 aromatic carbocycles. The van der Waals surface area contributed by atoms with E-state index in [0.717, 1.165) is 39.2 Å². The molecule has 1 aromatic heterocycles. The number of aromatic nitrogens is 1. The summed E-state index contributed by atoms with van der Waals surface area (Å²) in [7, 11) is 1.65. The van der Waals surface area contributed by atoms with Crippen molar-refractivity contribution >= 4 is 23.1 Å². The third-order valence-electron chi connectivity index (χ3n) is 4.49. The molecule has 4 rings (SSSR count). The van der Waals surface area contributed by atoms with Gasteiger partial charge in [0.2, 0.25) is 0 Å². The molecule has 0 saturated heterocycles. The van der Waals surface area contributed by atoms with E-state index in [0.29, 0.717) is 6.61 Å². The predicted octanol–water partition coefficient (Wildman–Crippen LogP) is 5.99. The largest absolute Gasteiger partial charge is 0.493 e. The van der Waals surface area contributed by atoms with Crippen LogP contribution in [0.1, 0.15) is 16.8 Å². The van der Waals surface area contributed by atoms with Crippen molar-refractivity contribution in [3.63, 3.8) is 0 Å². The fraction of sp³-hybridized carbons (Fsp3) is 0.0800. The quantitative estimate of drug-likeness (QED) is 0.419. The van der Waals surface area contributed by atoms with Crippen LogP contribution in [0.15, 0.2) is 84.9 Å². The van der Waals surface area contributed by atoms with Crippen LogP contribution >= 0.6 is 0 Å². The number of benzene rings is 3. The molecule has 0 spiro atoms. The summed E-state index contributed by atoms with van der Waals surface area (Å²) in [4.78, 5) is 4.68. The van der Waals surface area contributed by atoms with Gasteiger partial charge in [0.15, 0.2) is 11.5 Å². The maximum absolute atomic E-state index is 5.99. The van der Waals surface area contributed by atoms with Crippen LogP contribution in [0.4, 0.5) is 0 Å². The van der Waals surface area contributed by atoms with Crippen LogP contribution in [0.25, 0.3) is 23.1 Å². The molecule has 0 aliphatic carbocycles. The van der Waals surface area contributed by atoms with Crippen molar-refractivity contribution in [1.29, 1.82) is 0 Å². The van der Waals surface area contributed by atoms with Gasteiger partial charge in [-0.15, -0.1) is 0 Å². The van der Waals surface area contributed by atoms with Gasteiger partial charge < -0.3 is 9.47 Å². The van der Waals surface area contributed by atoms with Gasteiger partial charge in [-0.2, -0.15) is 0 Å². The minimum absolute atomic E-state index is 0.497. The summed E-state index contributed by atoms with van der Waals surface area (Å²) in [6, 6.07) is 28.2. The van der Waals surface area contributed by atoms with Gasteiger partial charge in [0.05, 0.1) is 18.3 Å². The van der Waals surface area contributed by atoms with Crippen LogP contribution < -0.4 is 9.47 Å². The molecule has 0 N–H and O–H groups in total. The summed E-state index contributed by atoms with van der Waals surface area (Å²) in [5.41, 5.74) is 4.05. The van der Waals surface area contributed by atoms with Crippen molar-refractivity contribution in [2.75, 3.05) is 7.11 Å². The van der Waals surface area contributed by atoms with Crippen molar-refractivity contribution in [2.45, 2.75) is 6.61 Å². The van der Waals surface area contributed by atoms with Gasteiger partial charge in [0, 0.05) is 5.39 Å². The van der Waals surface area contributed by atoms with Crippen molar-refractivity contribution in [3.05, 3.63) is 102 Å². The smallest absolute Gasteiger partial charge is 0.162 e. The molecule has 1 heterocycles. The maximum Gasteiger partial charge on any atom is 0.162 e. The number of ether oxygens (including phenoxy) is 2. The number of para-hydroxylation sites is 1. The molecule has 0 unspecified atom stereocenters. The monoisotopic (exact) mass is 367 g/mol. The number of rotatable bonds is 6. The molecule has 4 aromatic rings. The van der Waals surface area contributed by atoms with Crippen molar-refractivity contribution < 1.29 is 9.47 Å². The molecule has 0 aliphatic heterocycles. The van der Waals surface area contributed by atoms with Crippen molar-refractivity contribution in [3.8, 4) is 11.5 Å². The minimum Gasteiger partial charge on any atom is -0.493 e. The highest BCUT2D eigenvalue weighted by atomic mass is 16.5. The van der Waals surface area contributed by atoms with E-state index in [1.54, 1.807) is 7.11 Å². The van der Waals surface area contributed by atoms with Gasteiger partial charge >= 0.3 is 0 Å². The number of hydrogen-bond donors (Lipinski definition) is 0. The first-order chi connectivity index (χ1) is 13.8. The lowest BCUT2D eigenvalue weighted by Crippen LogP contribution is -1.97. The molecule has 3 nitrogen and oxygen atoms in total.